The maximum absolute atomic E-state index is 13.3. The summed E-state index contributed by atoms with van der Waals surface area (Å²) in [6.07, 6.45) is 5.35. The van der Waals surface area contributed by atoms with Crippen molar-refractivity contribution in [1.82, 2.24) is 10.2 Å². The quantitative estimate of drug-likeness (QED) is 0.541. The number of rotatable bonds is 8. The Balaban J connectivity index is 1.70. The van der Waals surface area contributed by atoms with E-state index in [-0.39, 0.29) is 36.8 Å². The third-order valence-corrected chi connectivity index (χ3v) is 6.77. The lowest BCUT2D eigenvalue weighted by Gasteiger charge is -2.31. The van der Waals surface area contributed by atoms with Crippen molar-refractivity contribution >= 4 is 27.7 Å². The smallest absolute Gasteiger partial charge is 0.261 e. The highest BCUT2D eigenvalue weighted by Gasteiger charge is 2.28. The molecule has 0 aliphatic heterocycles. The summed E-state index contributed by atoms with van der Waals surface area (Å²) >= 11 is 3.45. The molecule has 172 valence electrons. The average Bonchev–Trinajstić information content (AvgIpc) is 2.79. The van der Waals surface area contributed by atoms with Crippen molar-refractivity contribution in [3.8, 4) is 5.75 Å². The maximum Gasteiger partial charge on any atom is 0.261 e. The van der Waals surface area contributed by atoms with Gasteiger partial charge in [-0.3, -0.25) is 9.59 Å². The van der Waals surface area contributed by atoms with E-state index in [1.807, 2.05) is 19.1 Å². The minimum Gasteiger partial charge on any atom is -0.484 e. The second kappa shape index (κ2) is 11.5. The number of hydrogen-bond donors (Lipinski definition) is 1. The van der Waals surface area contributed by atoms with E-state index < -0.39 is 6.04 Å². The number of aryl methyl sites for hydroxylation is 1. The van der Waals surface area contributed by atoms with Crippen molar-refractivity contribution in [3.05, 3.63) is 63.9 Å². The summed E-state index contributed by atoms with van der Waals surface area (Å²) in [6, 6.07) is 10.9. The van der Waals surface area contributed by atoms with Gasteiger partial charge in [-0.15, -0.1) is 0 Å². The molecule has 1 N–H and O–H groups in total. The molecule has 0 saturated heterocycles. The van der Waals surface area contributed by atoms with E-state index in [9.17, 15) is 14.0 Å². The fourth-order valence-electron chi connectivity index (χ4n) is 3.87. The predicted octanol–water partition coefficient (Wildman–Crippen LogP) is 5.14. The van der Waals surface area contributed by atoms with Gasteiger partial charge >= 0.3 is 0 Å². The van der Waals surface area contributed by atoms with Gasteiger partial charge in [-0.25, -0.2) is 4.39 Å². The minimum absolute atomic E-state index is 0.156. The molecule has 0 bridgehead atoms. The summed E-state index contributed by atoms with van der Waals surface area (Å²) in [7, 11) is 0. The molecule has 3 rings (SSSR count). The first-order valence-corrected chi connectivity index (χ1v) is 11.9. The molecule has 2 aromatic rings. The van der Waals surface area contributed by atoms with Gasteiger partial charge in [0.1, 0.15) is 17.6 Å². The Hall–Kier alpha value is -2.41. The van der Waals surface area contributed by atoms with Crippen LogP contribution in [0.1, 0.15) is 50.2 Å². The Bertz CT molecular complexity index is 929. The summed E-state index contributed by atoms with van der Waals surface area (Å²) in [5.41, 5.74) is 1.75. The largest absolute Gasteiger partial charge is 0.484 e. The molecule has 7 heteroatoms. The number of amides is 2. The highest BCUT2D eigenvalue weighted by atomic mass is 79.9. The molecular weight excluding hydrogens is 475 g/mol. The van der Waals surface area contributed by atoms with Crippen LogP contribution in [-0.4, -0.2) is 35.4 Å². The second-order valence-corrected chi connectivity index (χ2v) is 9.22. The van der Waals surface area contributed by atoms with E-state index in [0.717, 1.165) is 41.3 Å². The van der Waals surface area contributed by atoms with Crippen molar-refractivity contribution in [2.45, 2.75) is 64.6 Å². The number of nitrogens with zero attached hydrogens (tertiary/aromatic N) is 1. The first-order chi connectivity index (χ1) is 15.3. The van der Waals surface area contributed by atoms with Crippen LogP contribution in [-0.2, 0) is 16.1 Å². The van der Waals surface area contributed by atoms with Crippen molar-refractivity contribution in [2.24, 2.45) is 0 Å². The van der Waals surface area contributed by atoms with Crippen LogP contribution in [0.2, 0.25) is 0 Å². The van der Waals surface area contributed by atoms with Gasteiger partial charge in [0.2, 0.25) is 5.91 Å². The first-order valence-electron chi connectivity index (χ1n) is 11.1. The third-order valence-electron chi connectivity index (χ3n) is 5.88. The van der Waals surface area contributed by atoms with Gasteiger partial charge in [0.15, 0.2) is 6.61 Å². The molecule has 1 atom stereocenters. The molecule has 5 nitrogen and oxygen atoms in total. The first kappa shape index (κ1) is 24.2. The fraction of sp³-hybridized carbons (Fsp3) is 0.440. The Kier molecular flexibility index (Phi) is 8.67. The predicted molar refractivity (Wildman–Crippen MR) is 126 cm³/mol. The molecule has 1 fully saturated rings. The number of hydrogen-bond acceptors (Lipinski definition) is 3. The minimum atomic E-state index is -0.676. The van der Waals surface area contributed by atoms with Gasteiger partial charge in [0.25, 0.3) is 5.91 Å². The molecule has 1 aliphatic carbocycles. The molecular formula is C25H30BrFN2O3. The van der Waals surface area contributed by atoms with Crippen molar-refractivity contribution in [1.29, 1.82) is 0 Å². The zero-order valence-corrected chi connectivity index (χ0v) is 20.2. The monoisotopic (exact) mass is 504 g/mol. The second-order valence-electron chi connectivity index (χ2n) is 8.37. The summed E-state index contributed by atoms with van der Waals surface area (Å²) in [4.78, 5) is 27.6. The van der Waals surface area contributed by atoms with Gasteiger partial charge in [-0.05, 0) is 68.1 Å². The molecule has 32 heavy (non-hydrogen) atoms. The average molecular weight is 505 g/mol. The lowest BCUT2D eigenvalue weighted by Crippen LogP contribution is -2.51. The molecule has 0 aromatic heterocycles. The lowest BCUT2D eigenvalue weighted by molar-refractivity contribution is -0.142. The van der Waals surface area contributed by atoms with Gasteiger partial charge < -0.3 is 15.0 Å². The Morgan fingerprint density at radius 1 is 1.16 bits per heavy atom. The van der Waals surface area contributed by atoms with Crippen molar-refractivity contribution in [2.75, 3.05) is 6.61 Å². The van der Waals surface area contributed by atoms with E-state index in [4.69, 9.17) is 4.74 Å². The molecule has 2 amide bonds. The van der Waals surface area contributed by atoms with Crippen LogP contribution in [0.5, 0.6) is 5.75 Å². The Morgan fingerprint density at radius 2 is 1.84 bits per heavy atom. The molecule has 1 unspecified atom stereocenters. The third kappa shape index (κ3) is 6.79. The van der Waals surface area contributed by atoms with E-state index in [2.05, 4.69) is 21.2 Å². The molecule has 1 aliphatic rings. The van der Waals surface area contributed by atoms with Crippen LogP contribution in [0.4, 0.5) is 4.39 Å². The SMILES string of the molecule is Cc1cc(OCC(=O)N(Cc2ccc(F)cc2)C(C)C(=O)NC2CCCCC2)ccc1Br. The number of carbonyl (C=O) groups is 2. The number of benzene rings is 2. The summed E-state index contributed by atoms with van der Waals surface area (Å²) in [6.45, 7) is 3.67. The maximum atomic E-state index is 13.3. The Labute approximate surface area is 197 Å². The van der Waals surface area contributed by atoms with Crippen molar-refractivity contribution in [3.63, 3.8) is 0 Å². The molecule has 0 heterocycles. The van der Waals surface area contributed by atoms with Gasteiger partial charge in [0.05, 0.1) is 0 Å². The lowest BCUT2D eigenvalue weighted by atomic mass is 9.95. The van der Waals surface area contributed by atoms with Crippen LogP contribution in [0.15, 0.2) is 46.9 Å². The molecule has 0 spiro atoms. The number of ether oxygens (including phenoxy) is 1. The van der Waals surface area contributed by atoms with Gasteiger partial charge in [-0.1, -0.05) is 47.3 Å². The van der Waals surface area contributed by atoms with E-state index in [0.29, 0.717) is 5.75 Å². The summed E-state index contributed by atoms with van der Waals surface area (Å²) in [5.74, 6) is -0.239. The number of nitrogens with one attached hydrogen (secondary N) is 1. The molecule has 2 aromatic carbocycles. The Morgan fingerprint density at radius 3 is 2.50 bits per heavy atom. The summed E-state index contributed by atoms with van der Waals surface area (Å²) in [5, 5.41) is 3.10. The highest BCUT2D eigenvalue weighted by molar-refractivity contribution is 9.10. The summed E-state index contributed by atoms with van der Waals surface area (Å²) < 4.78 is 20.0. The van der Waals surface area contributed by atoms with Gasteiger partial charge in [0, 0.05) is 17.1 Å². The molecule has 1 saturated carbocycles. The standard InChI is InChI=1S/C25H30BrFN2O3/c1-17-14-22(12-13-23(17)26)32-16-24(30)29(15-19-8-10-20(27)11-9-19)18(2)25(31)28-21-6-4-3-5-7-21/h8-14,18,21H,3-7,15-16H2,1-2H3,(H,28,31). The normalized spacial score (nSPS) is 15.1. The van der Waals surface area contributed by atoms with Gasteiger partial charge in [-0.2, -0.15) is 0 Å². The topological polar surface area (TPSA) is 58.6 Å². The highest BCUT2D eigenvalue weighted by Crippen LogP contribution is 2.22. The fourth-order valence-corrected chi connectivity index (χ4v) is 4.12. The van der Waals surface area contributed by atoms with Crippen molar-refractivity contribution < 1.29 is 18.7 Å². The number of carbonyl (C=O) groups excluding carboxylic acids is 2. The van der Waals surface area contributed by atoms with Crippen LogP contribution >= 0.6 is 15.9 Å². The van der Waals surface area contributed by atoms with Crippen LogP contribution < -0.4 is 10.1 Å². The van der Waals surface area contributed by atoms with Crippen LogP contribution in [0.3, 0.4) is 0 Å². The van der Waals surface area contributed by atoms with Crippen LogP contribution in [0, 0.1) is 12.7 Å². The van der Waals surface area contributed by atoms with Crippen LogP contribution in [0.25, 0.3) is 0 Å². The van der Waals surface area contributed by atoms with E-state index in [1.165, 1.54) is 23.5 Å². The van der Waals surface area contributed by atoms with E-state index >= 15 is 0 Å². The van der Waals surface area contributed by atoms with E-state index in [1.54, 1.807) is 25.1 Å². The zero-order chi connectivity index (χ0) is 23.1. The molecule has 0 radical (unpaired) electrons. The zero-order valence-electron chi connectivity index (χ0n) is 18.6. The number of halogens is 2.